The zero-order valence-corrected chi connectivity index (χ0v) is 18.2. The number of methoxy groups -OCH3 is 1. The van der Waals surface area contributed by atoms with Crippen LogP contribution in [0.4, 0.5) is 5.82 Å². The van der Waals surface area contributed by atoms with Gasteiger partial charge in [0.25, 0.3) is 0 Å². The van der Waals surface area contributed by atoms with E-state index in [0.717, 1.165) is 10.3 Å². The Morgan fingerprint density at radius 2 is 2.16 bits per heavy atom. The molecule has 3 N–H and O–H groups in total. The highest BCUT2D eigenvalue weighted by atomic mass is 35.5. The number of anilines is 1. The number of nitrogens with one attached hydrogen (secondary N) is 1. The fraction of sp³-hybridized carbons (Fsp3) is 0.381. The molecule has 2 aliphatic carbocycles. The second-order valence-electron chi connectivity index (χ2n) is 7.73. The summed E-state index contributed by atoms with van der Waals surface area (Å²) in [5.41, 5.74) is -0.494. The molecule has 2 saturated carbocycles. The molecule has 3 heterocycles. The van der Waals surface area contributed by atoms with Crippen molar-refractivity contribution in [3.63, 3.8) is 0 Å². The summed E-state index contributed by atoms with van der Waals surface area (Å²) >= 11 is 7.33. The molecule has 2 fully saturated rings. The second-order valence-corrected chi connectivity index (χ2v) is 9.44. The van der Waals surface area contributed by atoms with Crippen molar-refractivity contribution in [2.75, 3.05) is 19.5 Å². The fourth-order valence-corrected chi connectivity index (χ4v) is 5.62. The topological polar surface area (TPSA) is 110 Å². The van der Waals surface area contributed by atoms with Gasteiger partial charge in [0.15, 0.2) is 0 Å². The van der Waals surface area contributed by atoms with Crippen molar-refractivity contribution in [1.82, 2.24) is 14.5 Å². The first-order chi connectivity index (χ1) is 14.9. The normalized spacial score (nSPS) is 28.7. The van der Waals surface area contributed by atoms with E-state index in [0.29, 0.717) is 28.0 Å². The Bertz CT molecular complexity index is 1260. The molecule has 0 unspecified atom stereocenters. The zero-order valence-electron chi connectivity index (χ0n) is 16.7. The van der Waals surface area contributed by atoms with Gasteiger partial charge < -0.3 is 24.8 Å². The number of esters is 1. The minimum Gasteiger partial charge on any atom is -0.469 e. The number of nitrogens with zero attached hydrogens (tertiary/aromatic N) is 3. The molecule has 0 aromatic carbocycles. The summed E-state index contributed by atoms with van der Waals surface area (Å²) in [6.07, 6.45) is -0.0640. The molecular weight excluding hydrogens is 440 g/mol. The lowest BCUT2D eigenvalue weighted by Gasteiger charge is -2.23. The van der Waals surface area contributed by atoms with Gasteiger partial charge in [-0.3, -0.25) is 4.79 Å². The van der Waals surface area contributed by atoms with Gasteiger partial charge in [-0.15, -0.1) is 11.3 Å². The number of halogens is 1. The van der Waals surface area contributed by atoms with Crippen LogP contribution < -0.4 is 5.32 Å². The Kier molecular flexibility index (Phi) is 4.71. The molecule has 0 saturated heterocycles. The van der Waals surface area contributed by atoms with Gasteiger partial charge in [-0.25, -0.2) is 9.97 Å². The molecule has 10 heteroatoms. The molecule has 2 aliphatic rings. The number of thiophene rings is 1. The summed E-state index contributed by atoms with van der Waals surface area (Å²) in [4.78, 5) is 22.2. The van der Waals surface area contributed by atoms with Crippen LogP contribution in [0.2, 0.25) is 4.34 Å². The van der Waals surface area contributed by atoms with Gasteiger partial charge in [0.05, 0.1) is 33.9 Å². The van der Waals surface area contributed by atoms with Crippen LogP contribution >= 0.6 is 22.9 Å². The van der Waals surface area contributed by atoms with E-state index in [9.17, 15) is 15.0 Å². The lowest BCUT2D eigenvalue weighted by Crippen LogP contribution is -2.38. The average molecular weight is 459 g/mol. The first-order valence-electron chi connectivity index (χ1n) is 9.69. The molecule has 8 nitrogen and oxygen atoms in total. The molecule has 5 atom stereocenters. The van der Waals surface area contributed by atoms with E-state index in [2.05, 4.69) is 27.1 Å². The Hall–Kier alpha value is -2.64. The molecule has 160 valence electrons. The maximum Gasteiger partial charge on any atom is 0.314 e. The summed E-state index contributed by atoms with van der Waals surface area (Å²) in [6.45, 7) is 0. The van der Waals surface area contributed by atoms with Crippen molar-refractivity contribution in [2.24, 2.45) is 11.3 Å². The third-order valence-corrected chi connectivity index (χ3v) is 7.39. The molecule has 0 bridgehead atoms. The van der Waals surface area contributed by atoms with Crippen molar-refractivity contribution in [2.45, 2.75) is 24.7 Å². The Morgan fingerprint density at radius 1 is 1.35 bits per heavy atom. The molecular formula is C21H19ClN4O4S. The van der Waals surface area contributed by atoms with Crippen molar-refractivity contribution in [3.05, 3.63) is 39.4 Å². The number of carbonyl (C=O) groups excluding carboxylic acids is 1. The van der Waals surface area contributed by atoms with Gasteiger partial charge in [0.2, 0.25) is 5.82 Å². The highest BCUT2D eigenvalue weighted by molar-refractivity contribution is 7.16. The lowest BCUT2D eigenvalue weighted by molar-refractivity contribution is -0.153. The van der Waals surface area contributed by atoms with E-state index in [1.807, 2.05) is 12.1 Å². The maximum absolute atomic E-state index is 12.3. The standard InChI is InChI=1S/C21H19ClN4O4S/c1-23-18-11-7-8-26(15-12-9-21(12,20(29)30-2)17(28)16(15)27)19(11)25-14(24-18)6-4-10-3-5-13(22)31-10/h3,5,7-8,12,15-17,27-28H,9H2,1-2H3,(H,23,24,25)/t12-,15-,16+,17+,21+/m1/s1. The number of aliphatic hydroxyl groups is 2. The van der Waals surface area contributed by atoms with Crippen LogP contribution in [-0.2, 0) is 9.53 Å². The van der Waals surface area contributed by atoms with Gasteiger partial charge in [0, 0.05) is 19.2 Å². The molecule has 0 aliphatic heterocycles. The first kappa shape index (κ1) is 20.3. The van der Waals surface area contributed by atoms with Gasteiger partial charge in [-0.2, -0.15) is 0 Å². The predicted molar refractivity (Wildman–Crippen MR) is 116 cm³/mol. The van der Waals surface area contributed by atoms with Gasteiger partial charge in [-0.05, 0) is 36.5 Å². The van der Waals surface area contributed by atoms with Crippen LogP contribution in [0.1, 0.15) is 23.2 Å². The van der Waals surface area contributed by atoms with Crippen LogP contribution in [0.15, 0.2) is 24.4 Å². The third kappa shape index (κ3) is 2.94. The molecule has 0 radical (unpaired) electrons. The highest BCUT2D eigenvalue weighted by Crippen LogP contribution is 2.68. The summed E-state index contributed by atoms with van der Waals surface area (Å²) in [6, 6.07) is 4.94. The largest absolute Gasteiger partial charge is 0.469 e. The molecule has 3 aromatic heterocycles. The Labute approximate surface area is 186 Å². The maximum atomic E-state index is 12.3. The predicted octanol–water partition coefficient (Wildman–Crippen LogP) is 2.04. The summed E-state index contributed by atoms with van der Waals surface area (Å²) in [5, 5.41) is 25.2. The van der Waals surface area contributed by atoms with E-state index in [4.69, 9.17) is 16.3 Å². The Morgan fingerprint density at radius 3 is 2.84 bits per heavy atom. The number of aromatic nitrogens is 3. The van der Waals surface area contributed by atoms with Gasteiger partial charge in [-0.1, -0.05) is 11.6 Å². The summed E-state index contributed by atoms with van der Waals surface area (Å²) < 4.78 is 7.36. The molecule has 5 rings (SSSR count). The molecule has 0 spiro atoms. The number of hydrogen-bond donors (Lipinski definition) is 3. The number of carbonyl (C=O) groups is 1. The summed E-state index contributed by atoms with van der Waals surface area (Å²) in [7, 11) is 3.05. The number of ether oxygens (including phenoxy) is 1. The van der Waals surface area contributed by atoms with E-state index < -0.39 is 29.6 Å². The average Bonchev–Trinajstić information content (AvgIpc) is 3.02. The van der Waals surface area contributed by atoms with Crippen LogP contribution in [-0.4, -0.2) is 57.1 Å². The van der Waals surface area contributed by atoms with E-state index in [1.165, 1.54) is 18.4 Å². The molecule has 3 aromatic rings. The first-order valence-corrected chi connectivity index (χ1v) is 10.9. The smallest absolute Gasteiger partial charge is 0.314 e. The summed E-state index contributed by atoms with van der Waals surface area (Å²) in [5.74, 6) is 6.15. The van der Waals surface area contributed by atoms with Gasteiger partial charge in [0.1, 0.15) is 23.0 Å². The second kappa shape index (κ2) is 7.21. The molecule has 0 amide bonds. The number of hydrogen-bond acceptors (Lipinski definition) is 8. The number of fused-ring (bicyclic) bond motifs is 2. The highest BCUT2D eigenvalue weighted by Gasteiger charge is 2.76. The van der Waals surface area contributed by atoms with Crippen molar-refractivity contribution < 1.29 is 19.7 Å². The minimum absolute atomic E-state index is 0.239. The van der Waals surface area contributed by atoms with Crippen LogP contribution in [0, 0.1) is 23.2 Å². The van der Waals surface area contributed by atoms with Crippen LogP contribution in [0.3, 0.4) is 0 Å². The number of aliphatic hydroxyl groups excluding tert-OH is 2. The Balaban J connectivity index is 1.58. The van der Waals surface area contributed by atoms with Gasteiger partial charge >= 0.3 is 5.97 Å². The number of rotatable bonds is 3. The van der Waals surface area contributed by atoms with E-state index in [1.54, 1.807) is 23.9 Å². The lowest BCUT2D eigenvalue weighted by atomic mass is 9.99. The third-order valence-electron chi connectivity index (χ3n) is 6.24. The van der Waals surface area contributed by atoms with E-state index >= 15 is 0 Å². The van der Waals surface area contributed by atoms with E-state index in [-0.39, 0.29) is 5.92 Å². The van der Waals surface area contributed by atoms with Crippen molar-refractivity contribution in [3.8, 4) is 11.8 Å². The van der Waals surface area contributed by atoms with Crippen molar-refractivity contribution in [1.29, 1.82) is 0 Å². The quantitative estimate of drug-likeness (QED) is 0.407. The zero-order chi connectivity index (χ0) is 21.9. The SMILES string of the molecule is CNc1nc(C#Cc2ccc(Cl)s2)nc2c1ccn2[C@H]1[C@H](O)[C@H](O)[C@]2(C(=O)OC)C[C@H]12. The van der Waals surface area contributed by atoms with Crippen LogP contribution in [0.25, 0.3) is 11.0 Å². The monoisotopic (exact) mass is 458 g/mol. The van der Waals surface area contributed by atoms with Crippen LogP contribution in [0.5, 0.6) is 0 Å². The molecule has 31 heavy (non-hydrogen) atoms. The van der Waals surface area contributed by atoms with Crippen molar-refractivity contribution >= 4 is 45.8 Å². The fourth-order valence-electron chi connectivity index (χ4n) is 4.72. The minimum atomic E-state index is -1.19.